The van der Waals surface area contributed by atoms with E-state index in [2.05, 4.69) is 4.98 Å². The first-order chi connectivity index (χ1) is 16.5. The Morgan fingerprint density at radius 3 is 2.63 bits per heavy atom. The van der Waals surface area contributed by atoms with E-state index in [1.54, 1.807) is 24.0 Å². The zero-order valence-electron chi connectivity index (χ0n) is 20.6. The maximum atomic E-state index is 13.0. The Bertz CT molecular complexity index is 1400. The van der Waals surface area contributed by atoms with Gasteiger partial charge in [0.2, 0.25) is 10.0 Å². The van der Waals surface area contributed by atoms with Crippen LogP contribution in [0.1, 0.15) is 31.7 Å². The molecule has 4 rings (SSSR count). The first-order valence-electron chi connectivity index (χ1n) is 11.5. The van der Waals surface area contributed by atoms with Crippen molar-refractivity contribution in [1.82, 2.24) is 13.9 Å². The predicted molar refractivity (Wildman–Crippen MR) is 133 cm³/mol. The monoisotopic (exact) mass is 498 g/mol. The molecule has 0 fully saturated rings. The van der Waals surface area contributed by atoms with Crippen molar-refractivity contribution >= 4 is 38.6 Å². The lowest BCUT2D eigenvalue weighted by Crippen LogP contribution is -2.43. The molecule has 10 heteroatoms. The van der Waals surface area contributed by atoms with E-state index in [0.29, 0.717) is 17.8 Å². The van der Waals surface area contributed by atoms with Crippen LogP contribution in [0.25, 0.3) is 11.0 Å². The number of anilines is 1. The second-order valence-electron chi connectivity index (χ2n) is 9.05. The number of benzene rings is 2. The number of imidazole rings is 1. The second-order valence-corrected chi connectivity index (χ2v) is 11.2. The van der Waals surface area contributed by atoms with Crippen LogP contribution in [0.4, 0.5) is 5.69 Å². The van der Waals surface area contributed by atoms with Crippen LogP contribution in [0.5, 0.6) is 0 Å². The third-order valence-corrected chi connectivity index (χ3v) is 8.19. The van der Waals surface area contributed by atoms with Crippen LogP contribution in [0.15, 0.2) is 47.4 Å². The highest BCUT2D eigenvalue weighted by atomic mass is 32.2. The number of para-hydroxylation sites is 1. The van der Waals surface area contributed by atoms with Crippen LogP contribution >= 0.6 is 0 Å². The maximum absolute atomic E-state index is 13.0. The minimum Gasteiger partial charge on any atom is -0.453 e. The Labute approximate surface area is 205 Å². The number of fused-ring (bicyclic) bond motifs is 2. The van der Waals surface area contributed by atoms with Crippen LogP contribution < -0.4 is 4.90 Å². The first kappa shape index (κ1) is 24.9. The summed E-state index contributed by atoms with van der Waals surface area (Å²) in [6, 6.07) is 12.5. The summed E-state index contributed by atoms with van der Waals surface area (Å²) in [5.74, 6) is -0.112. The molecule has 0 N–H and O–H groups in total. The SMILES string of the molecule is C[C@@H]1Cc2ccccc2N1C(=O)[C@@H](C)OC(=O)CCc1nc2cc(S(=O)(=O)N(C)C)ccc2n1C. The van der Waals surface area contributed by atoms with Crippen LogP contribution in [0, 0.1) is 0 Å². The van der Waals surface area contributed by atoms with E-state index in [1.807, 2.05) is 42.8 Å². The van der Waals surface area contributed by atoms with Crippen LogP contribution in [-0.2, 0) is 44.2 Å². The maximum Gasteiger partial charge on any atom is 0.307 e. The number of esters is 1. The van der Waals surface area contributed by atoms with Gasteiger partial charge in [-0.05, 0) is 50.1 Å². The molecule has 9 nitrogen and oxygen atoms in total. The van der Waals surface area contributed by atoms with Crippen molar-refractivity contribution < 1.29 is 22.7 Å². The fourth-order valence-corrected chi connectivity index (χ4v) is 5.36. The molecule has 0 aliphatic carbocycles. The second kappa shape index (κ2) is 9.43. The summed E-state index contributed by atoms with van der Waals surface area (Å²) in [5, 5.41) is 0. The van der Waals surface area contributed by atoms with Gasteiger partial charge in [0.1, 0.15) is 5.82 Å². The molecular formula is C25H30N4O5S. The van der Waals surface area contributed by atoms with Crippen molar-refractivity contribution in [2.45, 2.75) is 50.2 Å². The van der Waals surface area contributed by atoms with Crippen molar-refractivity contribution in [3.05, 3.63) is 53.9 Å². The molecule has 0 saturated heterocycles. The van der Waals surface area contributed by atoms with Crippen molar-refractivity contribution in [2.75, 3.05) is 19.0 Å². The molecule has 0 spiro atoms. The molecular weight excluding hydrogens is 468 g/mol. The summed E-state index contributed by atoms with van der Waals surface area (Å²) >= 11 is 0. The molecule has 186 valence electrons. The minimum absolute atomic E-state index is 0.00208. The third-order valence-electron chi connectivity index (χ3n) is 6.38. The number of aromatic nitrogens is 2. The Kier molecular flexibility index (Phi) is 6.70. The number of nitrogens with zero attached hydrogens (tertiary/aromatic N) is 4. The van der Waals surface area contributed by atoms with Gasteiger partial charge in [0.15, 0.2) is 6.10 Å². The molecule has 35 heavy (non-hydrogen) atoms. The quantitative estimate of drug-likeness (QED) is 0.464. The number of hydrogen-bond acceptors (Lipinski definition) is 6. The molecule has 2 atom stereocenters. The van der Waals surface area contributed by atoms with E-state index < -0.39 is 22.1 Å². The fraction of sp³-hybridized carbons (Fsp3) is 0.400. The summed E-state index contributed by atoms with van der Waals surface area (Å²) in [4.78, 5) is 32.0. The Morgan fingerprint density at radius 2 is 1.91 bits per heavy atom. The number of aryl methyl sites for hydroxylation is 2. The summed E-state index contributed by atoms with van der Waals surface area (Å²) in [7, 11) is 1.19. The van der Waals surface area contributed by atoms with Gasteiger partial charge in [-0.2, -0.15) is 0 Å². The van der Waals surface area contributed by atoms with Crippen LogP contribution in [0.3, 0.4) is 0 Å². The van der Waals surface area contributed by atoms with Crippen molar-refractivity contribution in [2.24, 2.45) is 7.05 Å². The average molecular weight is 499 g/mol. The van der Waals surface area contributed by atoms with Crippen LogP contribution in [0.2, 0.25) is 0 Å². The number of ether oxygens (including phenoxy) is 1. The van der Waals surface area contributed by atoms with Crippen LogP contribution in [-0.4, -0.2) is 60.4 Å². The molecule has 0 bridgehead atoms. The third kappa shape index (κ3) is 4.68. The standard InChI is InChI=1S/C25H30N4O5S/c1-16-14-18-8-6-7-9-21(18)29(16)25(31)17(2)34-24(30)13-12-23-26-20-15-19(35(32,33)27(3)4)10-11-22(20)28(23)5/h6-11,15-17H,12-14H2,1-5H3/t16-,17-/m1/s1. The van der Waals surface area contributed by atoms with E-state index in [4.69, 9.17) is 4.74 Å². The van der Waals surface area contributed by atoms with E-state index >= 15 is 0 Å². The van der Waals surface area contributed by atoms with Gasteiger partial charge in [-0.3, -0.25) is 9.59 Å². The highest BCUT2D eigenvalue weighted by Gasteiger charge is 2.34. The summed E-state index contributed by atoms with van der Waals surface area (Å²) in [6.45, 7) is 3.57. The fourth-order valence-electron chi connectivity index (χ4n) is 4.44. The first-order valence-corrected chi connectivity index (χ1v) is 12.9. The van der Waals surface area contributed by atoms with Gasteiger partial charge >= 0.3 is 5.97 Å². The van der Waals surface area contributed by atoms with Gasteiger partial charge in [0.05, 0.1) is 22.3 Å². The van der Waals surface area contributed by atoms with E-state index in [-0.39, 0.29) is 23.3 Å². The van der Waals surface area contributed by atoms with Gasteiger partial charge < -0.3 is 14.2 Å². The zero-order valence-corrected chi connectivity index (χ0v) is 21.4. The molecule has 1 aromatic heterocycles. The molecule has 0 unspecified atom stereocenters. The number of carbonyl (C=O) groups is 2. The molecule has 1 aliphatic rings. The van der Waals surface area contributed by atoms with Gasteiger partial charge in [0.25, 0.3) is 5.91 Å². The van der Waals surface area contributed by atoms with Crippen molar-refractivity contribution in [3.63, 3.8) is 0 Å². The van der Waals surface area contributed by atoms with Gasteiger partial charge in [-0.15, -0.1) is 0 Å². The lowest BCUT2D eigenvalue weighted by Gasteiger charge is -2.25. The van der Waals surface area contributed by atoms with E-state index in [0.717, 1.165) is 27.5 Å². The molecule has 1 amide bonds. The smallest absolute Gasteiger partial charge is 0.307 e. The lowest BCUT2D eigenvalue weighted by molar-refractivity contribution is -0.154. The number of carbonyl (C=O) groups excluding carboxylic acids is 2. The number of sulfonamides is 1. The number of amides is 1. The summed E-state index contributed by atoms with van der Waals surface area (Å²) in [5.41, 5.74) is 3.26. The Balaban J connectivity index is 1.41. The molecule has 2 aromatic carbocycles. The number of rotatable bonds is 7. The van der Waals surface area contributed by atoms with Gasteiger partial charge in [0, 0.05) is 39.3 Å². The van der Waals surface area contributed by atoms with Crippen molar-refractivity contribution in [1.29, 1.82) is 0 Å². The molecule has 1 aliphatic heterocycles. The lowest BCUT2D eigenvalue weighted by atomic mass is 10.1. The van der Waals surface area contributed by atoms with Gasteiger partial charge in [-0.1, -0.05) is 18.2 Å². The molecule has 0 saturated carbocycles. The largest absolute Gasteiger partial charge is 0.453 e. The summed E-state index contributed by atoms with van der Waals surface area (Å²) < 4.78 is 33.3. The topological polar surface area (TPSA) is 102 Å². The highest BCUT2D eigenvalue weighted by molar-refractivity contribution is 7.89. The van der Waals surface area contributed by atoms with Crippen molar-refractivity contribution in [3.8, 4) is 0 Å². The Morgan fingerprint density at radius 1 is 1.20 bits per heavy atom. The Hall–Kier alpha value is -3.24. The highest BCUT2D eigenvalue weighted by Crippen LogP contribution is 2.32. The molecule has 3 aromatic rings. The average Bonchev–Trinajstić information content (AvgIpc) is 3.32. The van der Waals surface area contributed by atoms with Gasteiger partial charge in [-0.25, -0.2) is 17.7 Å². The normalized spacial score (nSPS) is 16.5. The van der Waals surface area contributed by atoms with E-state index in [1.165, 1.54) is 20.2 Å². The number of hydrogen-bond donors (Lipinski definition) is 0. The predicted octanol–water partition coefficient (Wildman–Crippen LogP) is 2.67. The summed E-state index contributed by atoms with van der Waals surface area (Å²) in [6.07, 6.45) is 0.204. The minimum atomic E-state index is -3.58. The van der Waals surface area contributed by atoms with E-state index in [9.17, 15) is 18.0 Å². The molecule has 2 heterocycles. The molecule has 0 radical (unpaired) electrons. The zero-order chi connectivity index (χ0) is 25.5.